The lowest BCUT2D eigenvalue weighted by Gasteiger charge is -2.08. The molecule has 2 aromatic carbocycles. The van der Waals surface area contributed by atoms with Crippen LogP contribution in [0.15, 0.2) is 56.1 Å². The van der Waals surface area contributed by atoms with Crippen molar-refractivity contribution in [1.29, 1.82) is 0 Å². The van der Waals surface area contributed by atoms with Gasteiger partial charge in [-0.05, 0) is 54.7 Å². The third kappa shape index (κ3) is 2.54. The lowest BCUT2D eigenvalue weighted by atomic mass is 10.0. The summed E-state index contributed by atoms with van der Waals surface area (Å²) in [6.07, 6.45) is 3.12. The molecule has 5 heteroatoms. The lowest BCUT2D eigenvalue weighted by molar-refractivity contribution is -0.114. The van der Waals surface area contributed by atoms with Gasteiger partial charge in [0.25, 0.3) is 0 Å². The molecule has 5 nitrogen and oxygen atoms in total. The highest BCUT2D eigenvalue weighted by Crippen LogP contribution is 2.41. The van der Waals surface area contributed by atoms with Crippen LogP contribution >= 0.6 is 0 Å². The van der Waals surface area contributed by atoms with Crippen LogP contribution in [-0.4, -0.2) is 5.91 Å². The summed E-state index contributed by atoms with van der Waals surface area (Å²) in [5.41, 5.74) is 4.47. The number of benzene rings is 2. The van der Waals surface area contributed by atoms with Gasteiger partial charge in [0.2, 0.25) is 5.91 Å². The lowest BCUT2D eigenvalue weighted by Crippen LogP contribution is -2.07. The first-order valence-electron chi connectivity index (χ1n) is 8.99. The van der Waals surface area contributed by atoms with Gasteiger partial charge >= 0.3 is 5.63 Å². The van der Waals surface area contributed by atoms with Crippen molar-refractivity contribution in [2.75, 3.05) is 5.32 Å². The minimum absolute atomic E-state index is 0.198. The van der Waals surface area contributed by atoms with E-state index < -0.39 is 5.63 Å². The van der Waals surface area contributed by atoms with Crippen LogP contribution in [0, 0.1) is 0 Å². The molecule has 0 aliphatic heterocycles. The van der Waals surface area contributed by atoms with Crippen LogP contribution in [0.2, 0.25) is 0 Å². The Hall–Kier alpha value is -3.34. The predicted molar refractivity (Wildman–Crippen MR) is 104 cm³/mol. The van der Waals surface area contributed by atoms with Gasteiger partial charge in [-0.25, -0.2) is 4.79 Å². The molecule has 0 atom stereocenters. The van der Waals surface area contributed by atoms with Crippen molar-refractivity contribution >= 4 is 33.5 Å². The summed E-state index contributed by atoms with van der Waals surface area (Å²) in [5, 5.41) is 4.48. The second-order valence-corrected chi connectivity index (χ2v) is 6.93. The van der Waals surface area contributed by atoms with Gasteiger partial charge in [-0.1, -0.05) is 12.1 Å². The standard InChI is InChI=1S/C22H17NO4/c1-12(24)23-21-15-7-2-3-8-18(15)27-22(21)17-11-20(25)26-19-10-14-6-4-5-13(14)9-16(17)19/h2-3,7-11H,4-6H2,1H3,(H,23,24). The van der Waals surface area contributed by atoms with E-state index in [1.54, 1.807) is 0 Å². The van der Waals surface area contributed by atoms with E-state index in [1.807, 2.05) is 30.3 Å². The second kappa shape index (κ2) is 5.84. The molecule has 0 saturated carbocycles. The fourth-order valence-corrected chi connectivity index (χ4v) is 3.95. The fraction of sp³-hybridized carbons (Fsp3) is 0.182. The molecular weight excluding hydrogens is 342 g/mol. The summed E-state index contributed by atoms with van der Waals surface area (Å²) in [5.74, 6) is 0.276. The first-order valence-corrected chi connectivity index (χ1v) is 8.99. The van der Waals surface area contributed by atoms with Crippen LogP contribution in [0.3, 0.4) is 0 Å². The SMILES string of the molecule is CC(=O)Nc1c(-c2cc(=O)oc3cc4c(cc23)CCC4)oc2ccccc12. The Morgan fingerprint density at radius 1 is 0.963 bits per heavy atom. The fourth-order valence-electron chi connectivity index (χ4n) is 3.95. The largest absolute Gasteiger partial charge is 0.454 e. The van der Waals surface area contributed by atoms with Crippen molar-refractivity contribution < 1.29 is 13.6 Å². The molecule has 1 aliphatic carbocycles. The van der Waals surface area contributed by atoms with Crippen molar-refractivity contribution in [2.45, 2.75) is 26.2 Å². The van der Waals surface area contributed by atoms with Crippen LogP contribution in [0.25, 0.3) is 33.3 Å². The molecule has 0 saturated heterocycles. The Morgan fingerprint density at radius 3 is 2.56 bits per heavy atom. The van der Waals surface area contributed by atoms with E-state index in [0.29, 0.717) is 28.2 Å². The number of hydrogen-bond acceptors (Lipinski definition) is 4. The van der Waals surface area contributed by atoms with E-state index in [-0.39, 0.29) is 5.91 Å². The van der Waals surface area contributed by atoms with Gasteiger partial charge in [0.05, 0.1) is 5.69 Å². The molecule has 0 fully saturated rings. The summed E-state index contributed by atoms with van der Waals surface area (Å²) < 4.78 is 11.5. The number of aryl methyl sites for hydroxylation is 2. The number of para-hydroxylation sites is 1. The van der Waals surface area contributed by atoms with Gasteiger partial charge in [0.15, 0.2) is 5.76 Å². The molecule has 4 aromatic rings. The number of furan rings is 1. The van der Waals surface area contributed by atoms with E-state index >= 15 is 0 Å². The Labute approximate surface area is 154 Å². The molecule has 1 N–H and O–H groups in total. The molecule has 0 unspecified atom stereocenters. The Balaban J connectivity index is 1.86. The Morgan fingerprint density at radius 2 is 1.74 bits per heavy atom. The third-order valence-electron chi connectivity index (χ3n) is 5.10. The van der Waals surface area contributed by atoms with Gasteiger partial charge in [-0.15, -0.1) is 0 Å². The van der Waals surface area contributed by atoms with Crippen molar-refractivity contribution in [3.05, 3.63) is 64.0 Å². The van der Waals surface area contributed by atoms with E-state index in [0.717, 1.165) is 30.0 Å². The summed E-state index contributed by atoms with van der Waals surface area (Å²) in [6, 6.07) is 13.0. The van der Waals surface area contributed by atoms with Gasteiger partial charge in [0.1, 0.15) is 11.2 Å². The van der Waals surface area contributed by atoms with Crippen LogP contribution in [0.1, 0.15) is 24.5 Å². The van der Waals surface area contributed by atoms with Crippen molar-refractivity contribution in [1.82, 2.24) is 0 Å². The van der Waals surface area contributed by atoms with Gasteiger partial charge in [-0.3, -0.25) is 4.79 Å². The quantitative estimate of drug-likeness (QED) is 0.529. The molecular formula is C22H17NO4. The van der Waals surface area contributed by atoms with Crippen LogP contribution in [0.4, 0.5) is 5.69 Å². The Kier molecular flexibility index (Phi) is 3.44. The highest BCUT2D eigenvalue weighted by molar-refractivity contribution is 6.08. The first-order chi connectivity index (χ1) is 13.1. The molecule has 2 aromatic heterocycles. The van der Waals surface area contributed by atoms with Crippen LogP contribution in [0.5, 0.6) is 0 Å². The molecule has 134 valence electrons. The summed E-state index contributed by atoms with van der Waals surface area (Å²) >= 11 is 0. The zero-order valence-corrected chi connectivity index (χ0v) is 14.8. The topological polar surface area (TPSA) is 72.5 Å². The average molecular weight is 359 g/mol. The molecule has 5 rings (SSSR count). The van der Waals surface area contributed by atoms with E-state index in [9.17, 15) is 9.59 Å². The number of fused-ring (bicyclic) bond motifs is 3. The third-order valence-corrected chi connectivity index (χ3v) is 5.10. The smallest absolute Gasteiger partial charge is 0.336 e. The summed E-state index contributed by atoms with van der Waals surface area (Å²) in [4.78, 5) is 24.0. The van der Waals surface area contributed by atoms with E-state index in [4.69, 9.17) is 8.83 Å². The number of carbonyl (C=O) groups excluding carboxylic acids is 1. The van der Waals surface area contributed by atoms with Crippen LogP contribution in [-0.2, 0) is 17.6 Å². The molecule has 0 radical (unpaired) electrons. The van der Waals surface area contributed by atoms with Crippen molar-refractivity contribution in [3.63, 3.8) is 0 Å². The second-order valence-electron chi connectivity index (χ2n) is 6.93. The average Bonchev–Trinajstić information content (AvgIpc) is 3.23. The van der Waals surface area contributed by atoms with Gasteiger partial charge in [-0.2, -0.15) is 0 Å². The highest BCUT2D eigenvalue weighted by Gasteiger charge is 2.22. The molecule has 0 bridgehead atoms. The van der Waals surface area contributed by atoms with Gasteiger partial charge < -0.3 is 14.2 Å². The Bertz CT molecular complexity index is 1280. The number of hydrogen-bond donors (Lipinski definition) is 1. The minimum Gasteiger partial charge on any atom is -0.454 e. The number of nitrogens with one attached hydrogen (secondary N) is 1. The number of amides is 1. The number of carbonyl (C=O) groups is 1. The maximum absolute atomic E-state index is 12.2. The first kappa shape index (κ1) is 15.9. The van der Waals surface area contributed by atoms with Crippen molar-refractivity contribution in [3.8, 4) is 11.3 Å². The monoisotopic (exact) mass is 359 g/mol. The van der Waals surface area contributed by atoms with E-state index in [1.165, 1.54) is 24.1 Å². The maximum atomic E-state index is 12.2. The molecule has 1 amide bonds. The van der Waals surface area contributed by atoms with Crippen molar-refractivity contribution in [2.24, 2.45) is 0 Å². The summed E-state index contributed by atoms with van der Waals surface area (Å²) in [6.45, 7) is 1.45. The molecule has 1 aliphatic rings. The molecule has 2 heterocycles. The normalized spacial score (nSPS) is 13.2. The van der Waals surface area contributed by atoms with Crippen LogP contribution < -0.4 is 10.9 Å². The zero-order chi connectivity index (χ0) is 18.5. The predicted octanol–water partition coefficient (Wildman–Crippen LogP) is 4.65. The molecule has 0 spiro atoms. The molecule has 27 heavy (non-hydrogen) atoms. The number of rotatable bonds is 2. The summed E-state index contributed by atoms with van der Waals surface area (Å²) in [7, 11) is 0. The zero-order valence-electron chi connectivity index (χ0n) is 14.8. The van der Waals surface area contributed by atoms with Gasteiger partial charge in [0, 0.05) is 29.3 Å². The highest BCUT2D eigenvalue weighted by atomic mass is 16.4. The maximum Gasteiger partial charge on any atom is 0.336 e. The number of anilines is 1. The van der Waals surface area contributed by atoms with E-state index in [2.05, 4.69) is 11.4 Å². The minimum atomic E-state index is -0.440.